The lowest BCUT2D eigenvalue weighted by molar-refractivity contribution is -0.119. The molecule has 24 heavy (non-hydrogen) atoms. The maximum atomic E-state index is 12.5. The predicted octanol–water partition coefficient (Wildman–Crippen LogP) is 3.79. The molecule has 2 N–H and O–H groups in total. The number of hydrogen-bond donors (Lipinski definition) is 2. The van der Waals surface area contributed by atoms with Crippen LogP contribution in [0.3, 0.4) is 0 Å². The number of nitrogens with zero attached hydrogens (tertiary/aromatic N) is 1. The number of carbonyl (C=O) groups is 2. The molecule has 0 radical (unpaired) electrons. The van der Waals surface area contributed by atoms with Crippen LogP contribution in [0.25, 0.3) is 0 Å². The Labute approximate surface area is 147 Å². The van der Waals surface area contributed by atoms with Gasteiger partial charge in [-0.2, -0.15) is 0 Å². The van der Waals surface area contributed by atoms with Crippen molar-refractivity contribution in [2.75, 3.05) is 11.9 Å². The third kappa shape index (κ3) is 4.20. The topological polar surface area (TPSA) is 61.4 Å². The van der Waals surface area contributed by atoms with Gasteiger partial charge in [0.05, 0.1) is 0 Å². The molecule has 1 aliphatic heterocycles. The van der Waals surface area contributed by atoms with Gasteiger partial charge in [0.25, 0.3) is 0 Å². The van der Waals surface area contributed by atoms with Crippen LogP contribution >= 0.6 is 11.6 Å². The summed E-state index contributed by atoms with van der Waals surface area (Å²) in [5.41, 5.74) is 0.698. The molecule has 2 fully saturated rings. The van der Waals surface area contributed by atoms with Gasteiger partial charge in [0.2, 0.25) is 5.91 Å². The highest BCUT2D eigenvalue weighted by atomic mass is 35.5. The molecule has 0 bridgehead atoms. The Bertz CT molecular complexity index is 584. The Morgan fingerprint density at radius 1 is 1.00 bits per heavy atom. The molecule has 130 valence electrons. The van der Waals surface area contributed by atoms with Crippen LogP contribution in [0.15, 0.2) is 24.3 Å². The Morgan fingerprint density at radius 3 is 2.42 bits per heavy atom. The Hall–Kier alpha value is -1.75. The summed E-state index contributed by atoms with van der Waals surface area (Å²) in [6, 6.07) is 6.76. The molecule has 1 atom stereocenters. The van der Waals surface area contributed by atoms with Crippen LogP contribution in [0.1, 0.15) is 44.9 Å². The first-order valence-electron chi connectivity index (χ1n) is 8.77. The Balaban J connectivity index is 1.58. The lowest BCUT2D eigenvalue weighted by atomic mass is 9.96. The molecule has 6 heteroatoms. The summed E-state index contributed by atoms with van der Waals surface area (Å²) in [4.78, 5) is 26.8. The second-order valence-corrected chi connectivity index (χ2v) is 7.07. The number of halogens is 1. The van der Waals surface area contributed by atoms with Crippen molar-refractivity contribution in [1.29, 1.82) is 0 Å². The first-order chi connectivity index (χ1) is 11.6. The fourth-order valence-corrected chi connectivity index (χ4v) is 3.67. The number of nitrogens with one attached hydrogen (secondary N) is 2. The van der Waals surface area contributed by atoms with Crippen LogP contribution < -0.4 is 10.6 Å². The number of hydrogen-bond acceptors (Lipinski definition) is 2. The number of amides is 3. The van der Waals surface area contributed by atoms with Crippen LogP contribution in [0, 0.1) is 0 Å². The van der Waals surface area contributed by atoms with E-state index in [0.717, 1.165) is 19.3 Å². The van der Waals surface area contributed by atoms with Crippen LogP contribution in [0.5, 0.6) is 0 Å². The van der Waals surface area contributed by atoms with E-state index in [4.69, 9.17) is 11.6 Å². The summed E-state index contributed by atoms with van der Waals surface area (Å²) in [6.07, 6.45) is 7.25. The minimum absolute atomic E-state index is 0.101. The van der Waals surface area contributed by atoms with Crippen LogP contribution in [-0.4, -0.2) is 35.5 Å². The van der Waals surface area contributed by atoms with E-state index in [1.807, 2.05) is 0 Å². The third-order valence-electron chi connectivity index (χ3n) is 4.86. The second-order valence-electron chi connectivity index (χ2n) is 6.63. The van der Waals surface area contributed by atoms with Gasteiger partial charge in [-0.3, -0.25) is 4.79 Å². The molecule has 3 amide bonds. The van der Waals surface area contributed by atoms with Gasteiger partial charge in [-0.1, -0.05) is 30.9 Å². The monoisotopic (exact) mass is 349 g/mol. The maximum absolute atomic E-state index is 12.5. The lowest BCUT2D eigenvalue weighted by Crippen LogP contribution is -2.50. The third-order valence-corrected chi connectivity index (χ3v) is 5.11. The summed E-state index contributed by atoms with van der Waals surface area (Å²) in [5, 5.41) is 6.61. The zero-order valence-corrected chi connectivity index (χ0v) is 14.5. The maximum Gasteiger partial charge on any atom is 0.318 e. The van der Waals surface area contributed by atoms with Gasteiger partial charge in [0.1, 0.15) is 6.04 Å². The van der Waals surface area contributed by atoms with E-state index in [1.54, 1.807) is 29.2 Å². The normalized spacial score (nSPS) is 21.5. The van der Waals surface area contributed by atoms with E-state index in [-0.39, 0.29) is 18.0 Å². The zero-order valence-electron chi connectivity index (χ0n) is 13.8. The molecular formula is C18H24ClN3O2. The number of benzene rings is 1. The van der Waals surface area contributed by atoms with Crippen molar-refractivity contribution in [3.63, 3.8) is 0 Å². The van der Waals surface area contributed by atoms with Crippen molar-refractivity contribution < 1.29 is 9.59 Å². The first kappa shape index (κ1) is 17.1. The Morgan fingerprint density at radius 2 is 1.71 bits per heavy atom. The highest BCUT2D eigenvalue weighted by Gasteiger charge is 2.35. The van der Waals surface area contributed by atoms with E-state index >= 15 is 0 Å². The van der Waals surface area contributed by atoms with Gasteiger partial charge in [-0.25, -0.2) is 4.79 Å². The number of likely N-dealkylation sites (tertiary alicyclic amines) is 1. The standard InChI is InChI=1S/C18H24ClN3O2/c19-13-8-10-15(11-9-13)20-17(23)16-7-4-12-22(16)18(24)21-14-5-2-1-3-6-14/h8-11,14,16H,1-7,12H2,(H,20,23)(H,21,24)/t16-/m0/s1. The molecule has 2 aliphatic rings. The van der Waals surface area contributed by atoms with Gasteiger partial charge < -0.3 is 15.5 Å². The van der Waals surface area contributed by atoms with Crippen LogP contribution in [0.4, 0.5) is 10.5 Å². The summed E-state index contributed by atoms with van der Waals surface area (Å²) >= 11 is 5.86. The van der Waals surface area contributed by atoms with Gasteiger partial charge in [-0.15, -0.1) is 0 Å². The first-order valence-corrected chi connectivity index (χ1v) is 9.15. The molecule has 1 aromatic carbocycles. The smallest absolute Gasteiger partial charge is 0.318 e. The molecule has 5 nitrogen and oxygen atoms in total. The molecule has 1 aliphatic carbocycles. The molecule has 1 heterocycles. The molecule has 3 rings (SSSR count). The summed E-state index contributed by atoms with van der Waals surface area (Å²) in [7, 11) is 0. The largest absolute Gasteiger partial charge is 0.335 e. The van der Waals surface area contributed by atoms with Crippen molar-refractivity contribution >= 4 is 29.2 Å². The minimum atomic E-state index is -0.399. The fraction of sp³-hybridized carbons (Fsp3) is 0.556. The van der Waals surface area contributed by atoms with Crippen molar-refractivity contribution in [3.8, 4) is 0 Å². The number of rotatable bonds is 3. The average molecular weight is 350 g/mol. The number of urea groups is 1. The fourth-order valence-electron chi connectivity index (χ4n) is 3.55. The molecular weight excluding hydrogens is 326 g/mol. The molecule has 1 saturated carbocycles. The molecule has 1 saturated heterocycles. The highest BCUT2D eigenvalue weighted by molar-refractivity contribution is 6.30. The molecule has 0 unspecified atom stereocenters. The summed E-state index contributed by atoms with van der Waals surface area (Å²) < 4.78 is 0. The van der Waals surface area contributed by atoms with Crippen LogP contribution in [-0.2, 0) is 4.79 Å². The highest BCUT2D eigenvalue weighted by Crippen LogP contribution is 2.22. The van der Waals surface area contributed by atoms with Crippen molar-refractivity contribution in [2.45, 2.75) is 57.0 Å². The van der Waals surface area contributed by atoms with Crippen molar-refractivity contribution in [3.05, 3.63) is 29.3 Å². The van der Waals surface area contributed by atoms with Crippen molar-refractivity contribution in [2.24, 2.45) is 0 Å². The summed E-state index contributed by atoms with van der Waals surface area (Å²) in [5.74, 6) is -0.131. The average Bonchev–Trinajstić information content (AvgIpc) is 3.08. The van der Waals surface area contributed by atoms with Gasteiger partial charge in [-0.05, 0) is 49.9 Å². The van der Waals surface area contributed by atoms with Gasteiger partial charge in [0, 0.05) is 23.3 Å². The predicted molar refractivity (Wildman–Crippen MR) is 95.2 cm³/mol. The van der Waals surface area contributed by atoms with E-state index < -0.39 is 6.04 Å². The van der Waals surface area contributed by atoms with E-state index in [0.29, 0.717) is 23.7 Å². The van der Waals surface area contributed by atoms with Crippen LogP contribution in [0.2, 0.25) is 5.02 Å². The lowest BCUT2D eigenvalue weighted by Gasteiger charge is -2.29. The molecule has 0 aromatic heterocycles. The summed E-state index contributed by atoms with van der Waals surface area (Å²) in [6.45, 7) is 0.636. The Kier molecular flexibility index (Phi) is 5.61. The quantitative estimate of drug-likeness (QED) is 0.872. The minimum Gasteiger partial charge on any atom is -0.335 e. The van der Waals surface area contributed by atoms with E-state index in [2.05, 4.69) is 10.6 Å². The second kappa shape index (κ2) is 7.88. The zero-order chi connectivity index (χ0) is 16.9. The number of carbonyl (C=O) groups excluding carboxylic acids is 2. The number of anilines is 1. The van der Waals surface area contributed by atoms with Crippen molar-refractivity contribution in [1.82, 2.24) is 10.2 Å². The molecule has 1 aromatic rings. The SMILES string of the molecule is O=C(Nc1ccc(Cl)cc1)[C@@H]1CCCN1C(=O)NC1CCCCC1. The molecule has 0 spiro atoms. The van der Waals surface area contributed by atoms with E-state index in [1.165, 1.54) is 19.3 Å². The van der Waals surface area contributed by atoms with Gasteiger partial charge in [0.15, 0.2) is 0 Å². The van der Waals surface area contributed by atoms with E-state index in [9.17, 15) is 9.59 Å². The van der Waals surface area contributed by atoms with Gasteiger partial charge >= 0.3 is 6.03 Å².